The molecule has 262 valence electrons. The Morgan fingerprint density at radius 1 is 0.875 bits per heavy atom. The number of benzene rings is 2. The van der Waals surface area contributed by atoms with Gasteiger partial charge in [0.25, 0.3) is 0 Å². The lowest BCUT2D eigenvalue weighted by molar-refractivity contribution is -0.145. The maximum Gasteiger partial charge on any atom is 0.310 e. The second-order valence-corrected chi connectivity index (χ2v) is 15.6. The van der Waals surface area contributed by atoms with Gasteiger partial charge in [-0.3, -0.25) is 13.8 Å². The Hall–Kier alpha value is -2.48. The van der Waals surface area contributed by atoms with Crippen molar-refractivity contribution in [1.82, 2.24) is 0 Å². The summed E-state index contributed by atoms with van der Waals surface area (Å²) in [5, 5.41) is 0.743. The zero-order chi connectivity index (χ0) is 34.1. The average molecular weight is 721 g/mol. The van der Waals surface area contributed by atoms with E-state index in [0.29, 0.717) is 45.0 Å². The predicted molar refractivity (Wildman–Crippen MR) is 192 cm³/mol. The van der Waals surface area contributed by atoms with E-state index in [1.807, 2.05) is 58.9 Å². The summed E-state index contributed by atoms with van der Waals surface area (Å²) in [7, 11) is 2.85. The minimum absolute atomic E-state index is 0.00867. The van der Waals surface area contributed by atoms with Gasteiger partial charge in [0.15, 0.2) is 0 Å². The van der Waals surface area contributed by atoms with Gasteiger partial charge in [-0.2, -0.15) is 0 Å². The smallest absolute Gasteiger partial charge is 0.310 e. The van der Waals surface area contributed by atoms with Crippen molar-refractivity contribution in [2.45, 2.75) is 55.6 Å². The molecule has 8 nitrogen and oxygen atoms in total. The van der Waals surface area contributed by atoms with Crippen molar-refractivity contribution in [3.05, 3.63) is 70.5 Å². The van der Waals surface area contributed by atoms with Crippen LogP contribution in [-0.2, 0) is 44.1 Å². The Bertz CT molecular complexity index is 1440. The summed E-state index contributed by atoms with van der Waals surface area (Å²) in [5.74, 6) is 0.271. The van der Waals surface area contributed by atoms with Crippen LogP contribution in [0.3, 0.4) is 0 Å². The molecule has 1 fully saturated rings. The third-order valence-electron chi connectivity index (χ3n) is 7.91. The molecule has 2 aliphatic rings. The van der Waals surface area contributed by atoms with Crippen LogP contribution in [0.4, 0.5) is 4.39 Å². The number of hydrogen-bond acceptors (Lipinski definition) is 10. The van der Waals surface area contributed by atoms with Crippen LogP contribution in [0, 0.1) is 5.82 Å². The molecular formula is C36H45FO8S3. The normalized spacial score (nSPS) is 17.1. The Morgan fingerprint density at radius 2 is 1.52 bits per heavy atom. The second kappa shape index (κ2) is 20.9. The van der Waals surface area contributed by atoms with Gasteiger partial charge < -0.3 is 23.7 Å². The summed E-state index contributed by atoms with van der Waals surface area (Å²) in [4.78, 5) is 25.3. The first-order chi connectivity index (χ1) is 23.3. The second-order valence-electron chi connectivity index (χ2n) is 11.4. The van der Waals surface area contributed by atoms with E-state index in [0.717, 1.165) is 50.8 Å². The molecule has 48 heavy (non-hydrogen) atoms. The predicted octanol–water partition coefficient (Wildman–Crippen LogP) is 7.13. The van der Waals surface area contributed by atoms with Crippen LogP contribution >= 0.6 is 21.6 Å². The third kappa shape index (κ3) is 12.8. The number of allylic oxidation sites excluding steroid dienone is 2. The van der Waals surface area contributed by atoms with Crippen molar-refractivity contribution in [1.29, 1.82) is 0 Å². The van der Waals surface area contributed by atoms with Gasteiger partial charge >= 0.3 is 11.9 Å². The van der Waals surface area contributed by atoms with E-state index in [4.69, 9.17) is 23.7 Å². The summed E-state index contributed by atoms with van der Waals surface area (Å²) < 4.78 is 53.0. The molecule has 1 aliphatic heterocycles. The molecular weight excluding hydrogens is 676 g/mol. The molecule has 1 saturated heterocycles. The van der Waals surface area contributed by atoms with Gasteiger partial charge in [-0.05, 0) is 89.9 Å². The van der Waals surface area contributed by atoms with Crippen LogP contribution in [0.15, 0.2) is 52.9 Å². The first-order valence-electron chi connectivity index (χ1n) is 16.3. The molecule has 2 unspecified atom stereocenters. The monoisotopic (exact) mass is 720 g/mol. The van der Waals surface area contributed by atoms with Crippen molar-refractivity contribution in [2.75, 3.05) is 64.9 Å². The zero-order valence-corrected chi connectivity index (χ0v) is 30.1. The molecule has 1 heterocycles. The van der Waals surface area contributed by atoms with Crippen LogP contribution in [0.5, 0.6) is 0 Å². The number of esters is 2. The van der Waals surface area contributed by atoms with E-state index in [-0.39, 0.29) is 38.0 Å². The third-order valence-corrected chi connectivity index (χ3v) is 11.9. The van der Waals surface area contributed by atoms with E-state index in [1.54, 1.807) is 12.3 Å². The maximum atomic E-state index is 14.2. The largest absolute Gasteiger partial charge is 0.463 e. The topological polar surface area (TPSA) is 97.4 Å². The van der Waals surface area contributed by atoms with E-state index in [2.05, 4.69) is 0 Å². The molecule has 0 aromatic heterocycles. The lowest BCUT2D eigenvalue weighted by Gasteiger charge is -2.09. The van der Waals surface area contributed by atoms with Crippen LogP contribution in [0.1, 0.15) is 62.1 Å². The maximum absolute atomic E-state index is 14.2. The number of hydrogen-bond donors (Lipinski definition) is 0. The molecule has 0 radical (unpaired) electrons. The van der Waals surface area contributed by atoms with E-state index < -0.39 is 16.8 Å². The number of unbranched alkanes of at least 4 members (excludes halogenated alkanes) is 1. The summed E-state index contributed by atoms with van der Waals surface area (Å²) in [6.45, 7) is 4.30. The number of carbonyl (C=O) groups excluding carboxylic acids is 2. The van der Waals surface area contributed by atoms with Gasteiger partial charge in [-0.1, -0.05) is 46.2 Å². The zero-order valence-electron chi connectivity index (χ0n) is 27.7. The molecule has 4 rings (SSSR count). The number of rotatable bonds is 21. The Balaban J connectivity index is 1.05. The number of halogens is 1. The van der Waals surface area contributed by atoms with Crippen LogP contribution in [-0.4, -0.2) is 86.3 Å². The molecule has 0 bridgehead atoms. The molecule has 2 aromatic carbocycles. The van der Waals surface area contributed by atoms with Gasteiger partial charge in [0.05, 0.1) is 46.1 Å². The average Bonchev–Trinajstić information content (AvgIpc) is 3.68. The highest BCUT2D eigenvalue weighted by Gasteiger charge is 2.26. The highest BCUT2D eigenvalue weighted by atomic mass is 33.1. The SMILES string of the molecule is CC1=C(CC(=O)OCCOCCOCCOCCOC(=O)CCCCC2CCSS2)c2cc(F)ccc2/C1=C\c1ccc(S(C)=O)cc1. The molecule has 0 spiro atoms. The van der Waals surface area contributed by atoms with E-state index in [1.165, 1.54) is 30.7 Å². The van der Waals surface area contributed by atoms with Crippen LogP contribution < -0.4 is 0 Å². The van der Waals surface area contributed by atoms with Crippen molar-refractivity contribution in [3.63, 3.8) is 0 Å². The molecule has 0 saturated carbocycles. The van der Waals surface area contributed by atoms with Crippen molar-refractivity contribution in [2.24, 2.45) is 0 Å². The Kier molecular flexibility index (Phi) is 16.7. The van der Waals surface area contributed by atoms with E-state index >= 15 is 0 Å². The van der Waals surface area contributed by atoms with Crippen molar-refractivity contribution in [3.8, 4) is 0 Å². The van der Waals surface area contributed by atoms with Gasteiger partial charge in [0.1, 0.15) is 19.0 Å². The van der Waals surface area contributed by atoms with Crippen molar-refractivity contribution >= 4 is 61.5 Å². The Morgan fingerprint density at radius 3 is 2.15 bits per heavy atom. The fourth-order valence-corrected chi connectivity index (χ4v) is 8.89. The van der Waals surface area contributed by atoms with Gasteiger partial charge in [-0.25, -0.2) is 4.39 Å². The summed E-state index contributed by atoms with van der Waals surface area (Å²) in [6, 6.07) is 12.0. The first kappa shape index (κ1) is 38.3. The Labute approximate surface area is 293 Å². The fraction of sp³-hybridized carbons (Fsp3) is 0.500. The molecule has 0 amide bonds. The van der Waals surface area contributed by atoms with Gasteiger partial charge in [-0.15, -0.1) is 0 Å². The highest BCUT2D eigenvalue weighted by Crippen LogP contribution is 2.44. The summed E-state index contributed by atoms with van der Waals surface area (Å²) in [6.07, 6.45) is 8.48. The molecule has 2 atom stereocenters. The minimum Gasteiger partial charge on any atom is -0.463 e. The summed E-state index contributed by atoms with van der Waals surface area (Å²) >= 11 is 0. The van der Waals surface area contributed by atoms with Crippen LogP contribution in [0.25, 0.3) is 17.2 Å². The number of ether oxygens (including phenoxy) is 5. The molecule has 12 heteroatoms. The van der Waals surface area contributed by atoms with Crippen molar-refractivity contribution < 1.29 is 41.9 Å². The molecule has 2 aromatic rings. The molecule has 0 N–H and O–H groups in total. The summed E-state index contributed by atoms with van der Waals surface area (Å²) in [5.41, 5.74) is 4.96. The lowest BCUT2D eigenvalue weighted by Crippen LogP contribution is -2.15. The standard InChI is InChI=1S/C36H45FO8S3/c1-26-32(23-27-7-10-30(11-8-27)48(2)40)31-12-9-28(37)24-34(31)33(26)25-36(39)45-21-19-43-17-15-41-14-16-42-18-20-44-35(38)6-4-3-5-29-13-22-46-47-29/h7-12,23-24,29H,3-6,13-22,25H2,1-2H3/b32-23-. The number of carbonyl (C=O) groups is 2. The van der Waals surface area contributed by atoms with Gasteiger partial charge in [0, 0.05) is 39.4 Å². The van der Waals surface area contributed by atoms with Crippen LogP contribution in [0.2, 0.25) is 0 Å². The molecule has 1 aliphatic carbocycles. The minimum atomic E-state index is -1.07. The highest BCUT2D eigenvalue weighted by molar-refractivity contribution is 8.77. The van der Waals surface area contributed by atoms with Gasteiger partial charge in [0.2, 0.25) is 0 Å². The quantitative estimate of drug-likeness (QED) is 0.0753. The number of fused-ring (bicyclic) bond motifs is 1. The van der Waals surface area contributed by atoms with E-state index in [9.17, 15) is 18.2 Å². The first-order valence-corrected chi connectivity index (χ1v) is 20.2. The lowest BCUT2D eigenvalue weighted by atomic mass is 10.0. The fourth-order valence-electron chi connectivity index (χ4n) is 5.35.